The Morgan fingerprint density at radius 1 is 1.43 bits per heavy atom. The molecule has 0 aliphatic rings. The van der Waals surface area contributed by atoms with Crippen molar-refractivity contribution in [2.45, 2.75) is 13.5 Å². The first-order valence-electron chi connectivity index (χ1n) is 5.96. The summed E-state index contributed by atoms with van der Waals surface area (Å²) in [5, 5.41) is 17.3. The predicted octanol–water partition coefficient (Wildman–Crippen LogP) is 2.14. The van der Waals surface area contributed by atoms with E-state index in [2.05, 4.69) is 15.8 Å². The Hall–Kier alpha value is -2.90. The van der Waals surface area contributed by atoms with Gasteiger partial charge < -0.3 is 20.3 Å². The highest BCUT2D eigenvalue weighted by molar-refractivity contribution is 6.00. The molecule has 110 valence electrons. The van der Waals surface area contributed by atoms with Gasteiger partial charge >= 0.3 is 12.0 Å². The zero-order valence-electron chi connectivity index (χ0n) is 11.0. The van der Waals surface area contributed by atoms with Gasteiger partial charge in [-0.3, -0.25) is 0 Å². The molecule has 2 rings (SSSR count). The minimum absolute atomic E-state index is 0.0738. The lowest BCUT2D eigenvalue weighted by Crippen LogP contribution is -2.29. The van der Waals surface area contributed by atoms with E-state index in [0.717, 1.165) is 6.07 Å². The number of nitrogens with one attached hydrogen (secondary N) is 2. The molecule has 8 heteroatoms. The number of carbonyl (C=O) groups excluding carboxylic acids is 1. The van der Waals surface area contributed by atoms with Crippen molar-refractivity contribution in [3.8, 4) is 0 Å². The van der Waals surface area contributed by atoms with Gasteiger partial charge in [-0.05, 0) is 19.1 Å². The molecular formula is C13H12FN3O4. The zero-order valence-corrected chi connectivity index (χ0v) is 11.0. The molecule has 0 spiro atoms. The van der Waals surface area contributed by atoms with E-state index in [1.54, 1.807) is 13.0 Å². The summed E-state index contributed by atoms with van der Waals surface area (Å²) >= 11 is 0. The van der Waals surface area contributed by atoms with E-state index in [-0.39, 0.29) is 12.2 Å². The van der Waals surface area contributed by atoms with Crippen LogP contribution in [0.2, 0.25) is 0 Å². The Morgan fingerprint density at radius 2 is 2.19 bits per heavy atom. The maximum atomic E-state index is 13.4. The molecule has 0 saturated carbocycles. The van der Waals surface area contributed by atoms with Gasteiger partial charge in [-0.1, -0.05) is 11.2 Å². The number of urea groups is 1. The highest BCUT2D eigenvalue weighted by Gasteiger charge is 2.17. The molecule has 0 unspecified atom stereocenters. The topological polar surface area (TPSA) is 104 Å². The van der Waals surface area contributed by atoms with Crippen molar-refractivity contribution in [1.82, 2.24) is 10.5 Å². The van der Waals surface area contributed by atoms with Gasteiger partial charge in [0.05, 0.1) is 17.9 Å². The van der Waals surface area contributed by atoms with Crippen LogP contribution >= 0.6 is 0 Å². The fraction of sp³-hybridized carbons (Fsp3) is 0.154. The van der Waals surface area contributed by atoms with Crippen molar-refractivity contribution in [1.29, 1.82) is 0 Å². The average Bonchev–Trinajstić information content (AvgIpc) is 2.82. The van der Waals surface area contributed by atoms with E-state index in [4.69, 9.17) is 9.63 Å². The third kappa shape index (κ3) is 3.56. The van der Waals surface area contributed by atoms with Gasteiger partial charge in [0.25, 0.3) is 0 Å². The third-order valence-corrected chi connectivity index (χ3v) is 2.58. The van der Waals surface area contributed by atoms with Crippen molar-refractivity contribution in [3.05, 3.63) is 47.1 Å². The second-order valence-electron chi connectivity index (χ2n) is 4.21. The number of benzene rings is 1. The van der Waals surface area contributed by atoms with Gasteiger partial charge in [0.2, 0.25) is 0 Å². The van der Waals surface area contributed by atoms with Crippen LogP contribution in [0.3, 0.4) is 0 Å². The maximum Gasteiger partial charge on any atom is 0.340 e. The maximum absolute atomic E-state index is 13.4. The molecule has 2 aromatic rings. The lowest BCUT2D eigenvalue weighted by Gasteiger charge is -2.09. The number of carboxylic acids is 1. The molecular weight excluding hydrogens is 281 g/mol. The molecule has 0 atom stereocenters. The van der Waals surface area contributed by atoms with Crippen LogP contribution < -0.4 is 10.6 Å². The summed E-state index contributed by atoms with van der Waals surface area (Å²) < 4.78 is 18.3. The van der Waals surface area contributed by atoms with E-state index in [1.165, 1.54) is 12.1 Å². The second-order valence-corrected chi connectivity index (χ2v) is 4.21. The second kappa shape index (κ2) is 6.04. The Balaban J connectivity index is 2.03. The Bertz CT molecular complexity index is 684. The fourth-order valence-corrected chi connectivity index (χ4v) is 1.68. The molecule has 0 saturated heterocycles. The number of halogens is 1. The van der Waals surface area contributed by atoms with E-state index < -0.39 is 23.4 Å². The summed E-state index contributed by atoms with van der Waals surface area (Å²) in [7, 11) is 0. The van der Waals surface area contributed by atoms with Gasteiger partial charge in [-0.25, -0.2) is 14.0 Å². The monoisotopic (exact) mass is 293 g/mol. The van der Waals surface area contributed by atoms with E-state index in [0.29, 0.717) is 11.5 Å². The van der Waals surface area contributed by atoms with Crippen LogP contribution in [0.5, 0.6) is 0 Å². The van der Waals surface area contributed by atoms with Crippen molar-refractivity contribution in [2.24, 2.45) is 0 Å². The molecule has 3 N–H and O–H groups in total. The average molecular weight is 293 g/mol. The number of aryl methyl sites for hydroxylation is 1. The molecule has 1 heterocycles. The molecule has 0 aliphatic heterocycles. The van der Waals surface area contributed by atoms with Crippen LogP contribution in [0.4, 0.5) is 14.9 Å². The molecule has 0 fully saturated rings. The number of hydrogen-bond donors (Lipinski definition) is 3. The van der Waals surface area contributed by atoms with Crippen molar-refractivity contribution < 1.29 is 23.6 Å². The van der Waals surface area contributed by atoms with E-state index in [9.17, 15) is 14.0 Å². The predicted molar refractivity (Wildman–Crippen MR) is 70.5 cm³/mol. The molecule has 2 amide bonds. The number of carboxylic acid groups (broad SMARTS) is 1. The molecule has 21 heavy (non-hydrogen) atoms. The van der Waals surface area contributed by atoms with Crippen LogP contribution in [-0.2, 0) is 6.54 Å². The van der Waals surface area contributed by atoms with Crippen LogP contribution in [0, 0.1) is 12.7 Å². The van der Waals surface area contributed by atoms with E-state index in [1.807, 2.05) is 0 Å². The SMILES string of the molecule is Cc1cc(CNC(=O)Nc2cccc(F)c2C(=O)O)on1. The van der Waals surface area contributed by atoms with E-state index >= 15 is 0 Å². The molecule has 7 nitrogen and oxygen atoms in total. The minimum Gasteiger partial charge on any atom is -0.478 e. The quantitative estimate of drug-likeness (QED) is 0.801. The lowest BCUT2D eigenvalue weighted by molar-refractivity contribution is 0.0693. The number of aromatic nitrogens is 1. The van der Waals surface area contributed by atoms with Gasteiger partial charge in [-0.15, -0.1) is 0 Å². The molecule has 1 aromatic carbocycles. The molecule has 0 bridgehead atoms. The summed E-state index contributed by atoms with van der Waals surface area (Å²) in [4.78, 5) is 22.7. The van der Waals surface area contributed by atoms with Gasteiger partial charge in [0.15, 0.2) is 5.76 Å². The number of aromatic carboxylic acids is 1. The molecule has 0 aliphatic carbocycles. The smallest absolute Gasteiger partial charge is 0.340 e. The number of amides is 2. The highest BCUT2D eigenvalue weighted by atomic mass is 19.1. The van der Waals surface area contributed by atoms with Crippen LogP contribution in [-0.4, -0.2) is 22.3 Å². The van der Waals surface area contributed by atoms with Gasteiger partial charge in [-0.2, -0.15) is 0 Å². The zero-order chi connectivity index (χ0) is 15.4. The fourth-order valence-electron chi connectivity index (χ4n) is 1.68. The van der Waals surface area contributed by atoms with Crippen LogP contribution in [0.25, 0.3) is 0 Å². The number of hydrogen-bond acceptors (Lipinski definition) is 4. The van der Waals surface area contributed by atoms with Crippen LogP contribution in [0.1, 0.15) is 21.8 Å². The molecule has 1 aromatic heterocycles. The van der Waals surface area contributed by atoms with Crippen molar-refractivity contribution >= 4 is 17.7 Å². The summed E-state index contributed by atoms with van der Waals surface area (Å²) in [5.41, 5.74) is -0.0533. The van der Waals surface area contributed by atoms with Gasteiger partial charge in [0, 0.05) is 6.07 Å². The highest BCUT2D eigenvalue weighted by Crippen LogP contribution is 2.18. The summed E-state index contributed by atoms with van der Waals surface area (Å²) in [5.74, 6) is -1.94. The summed E-state index contributed by atoms with van der Waals surface area (Å²) in [6.07, 6.45) is 0. The Morgan fingerprint density at radius 3 is 2.81 bits per heavy atom. The standard InChI is InChI=1S/C13H12FN3O4/c1-7-5-8(21-17-7)6-15-13(20)16-10-4-2-3-9(14)11(10)12(18)19/h2-5H,6H2,1H3,(H,18,19)(H2,15,16,20). The first-order valence-corrected chi connectivity index (χ1v) is 5.96. The minimum atomic E-state index is -1.46. The van der Waals surface area contributed by atoms with Gasteiger partial charge in [0.1, 0.15) is 11.4 Å². The molecule has 0 radical (unpaired) electrons. The van der Waals surface area contributed by atoms with Crippen molar-refractivity contribution in [3.63, 3.8) is 0 Å². The largest absolute Gasteiger partial charge is 0.478 e. The number of rotatable bonds is 4. The summed E-state index contributed by atoms with van der Waals surface area (Å²) in [6.45, 7) is 1.81. The normalized spacial score (nSPS) is 10.2. The first-order chi connectivity index (χ1) is 9.97. The first kappa shape index (κ1) is 14.5. The Labute approximate surface area is 118 Å². The summed E-state index contributed by atoms with van der Waals surface area (Å²) in [6, 6.07) is 4.56. The number of carbonyl (C=O) groups is 2. The van der Waals surface area contributed by atoms with Crippen molar-refractivity contribution in [2.75, 3.05) is 5.32 Å². The van der Waals surface area contributed by atoms with Crippen LogP contribution in [0.15, 0.2) is 28.8 Å². The Kier molecular flexibility index (Phi) is 4.17. The third-order valence-electron chi connectivity index (χ3n) is 2.58. The lowest BCUT2D eigenvalue weighted by atomic mass is 10.1. The number of nitrogens with zero attached hydrogens (tertiary/aromatic N) is 1. The number of anilines is 1.